The number of nitrogens with two attached hydrogens (primary N) is 1. The molecule has 1 saturated heterocycles. The molecule has 0 aromatic heterocycles. The Morgan fingerprint density at radius 1 is 1.19 bits per heavy atom. The van der Waals surface area contributed by atoms with Crippen molar-refractivity contribution in [2.24, 2.45) is 5.73 Å². The highest BCUT2D eigenvalue weighted by Gasteiger charge is 2.13. The number of likely N-dealkylation sites (N-methyl/N-ethyl adjacent to an activating group) is 1. The second-order valence-electron chi connectivity index (χ2n) is 5.90. The van der Waals surface area contributed by atoms with E-state index in [9.17, 15) is 4.79 Å². The Morgan fingerprint density at radius 2 is 1.76 bits per heavy atom. The molecular formula is C16H26N4O. The van der Waals surface area contributed by atoms with Crippen LogP contribution in [0.2, 0.25) is 0 Å². The topological polar surface area (TPSA) is 61.6 Å². The Labute approximate surface area is 127 Å². The van der Waals surface area contributed by atoms with Gasteiger partial charge in [0, 0.05) is 39.3 Å². The summed E-state index contributed by atoms with van der Waals surface area (Å²) in [6, 6.07) is 7.98. The number of hydrogen-bond donors (Lipinski definition) is 2. The van der Waals surface area contributed by atoms with Crippen LogP contribution in [0.3, 0.4) is 0 Å². The van der Waals surface area contributed by atoms with E-state index in [0.717, 1.165) is 38.3 Å². The summed E-state index contributed by atoms with van der Waals surface area (Å²) in [6.45, 7) is 7.76. The molecule has 21 heavy (non-hydrogen) atoms. The molecule has 2 rings (SSSR count). The van der Waals surface area contributed by atoms with Gasteiger partial charge < -0.3 is 16.0 Å². The van der Waals surface area contributed by atoms with Crippen molar-refractivity contribution in [2.75, 3.05) is 33.2 Å². The summed E-state index contributed by atoms with van der Waals surface area (Å²) in [5.41, 5.74) is 7.94. The first-order valence-corrected chi connectivity index (χ1v) is 7.56. The van der Waals surface area contributed by atoms with Crippen LogP contribution in [0.5, 0.6) is 0 Å². The number of hydrogen-bond acceptors (Lipinski definition) is 4. The van der Waals surface area contributed by atoms with Crippen LogP contribution < -0.4 is 11.1 Å². The third kappa shape index (κ3) is 5.12. The van der Waals surface area contributed by atoms with Crippen LogP contribution in [0.1, 0.15) is 18.1 Å². The van der Waals surface area contributed by atoms with Crippen molar-refractivity contribution >= 4 is 5.91 Å². The minimum atomic E-state index is -0.457. The van der Waals surface area contributed by atoms with Gasteiger partial charge in [0.05, 0.1) is 6.04 Å². The average Bonchev–Trinajstić information content (AvgIpc) is 2.48. The summed E-state index contributed by atoms with van der Waals surface area (Å²) in [7, 11) is 2.17. The van der Waals surface area contributed by atoms with E-state index in [2.05, 4.69) is 46.4 Å². The molecule has 0 spiro atoms. The Bertz CT molecular complexity index is 450. The maximum atomic E-state index is 11.4. The van der Waals surface area contributed by atoms with Crippen molar-refractivity contribution in [3.8, 4) is 0 Å². The van der Waals surface area contributed by atoms with Crippen LogP contribution in [0, 0.1) is 0 Å². The number of nitrogens with one attached hydrogen (secondary N) is 1. The van der Waals surface area contributed by atoms with Gasteiger partial charge in [0.1, 0.15) is 0 Å². The number of carbonyl (C=O) groups is 1. The van der Waals surface area contributed by atoms with E-state index in [-0.39, 0.29) is 5.91 Å². The number of benzene rings is 1. The Balaban J connectivity index is 1.80. The highest BCUT2D eigenvalue weighted by Crippen LogP contribution is 2.09. The molecule has 1 unspecified atom stereocenters. The summed E-state index contributed by atoms with van der Waals surface area (Å²) in [6.07, 6.45) is 0. The zero-order valence-corrected chi connectivity index (χ0v) is 13.0. The molecule has 0 saturated carbocycles. The fourth-order valence-corrected chi connectivity index (χ4v) is 2.38. The number of piperazine rings is 1. The normalized spacial score (nSPS) is 18.4. The largest absolute Gasteiger partial charge is 0.351 e. The number of rotatable bonds is 5. The van der Waals surface area contributed by atoms with E-state index in [0.29, 0.717) is 6.54 Å². The van der Waals surface area contributed by atoms with E-state index < -0.39 is 6.04 Å². The highest BCUT2D eigenvalue weighted by atomic mass is 16.2. The van der Waals surface area contributed by atoms with Gasteiger partial charge in [0.25, 0.3) is 0 Å². The van der Waals surface area contributed by atoms with Gasteiger partial charge >= 0.3 is 0 Å². The van der Waals surface area contributed by atoms with E-state index in [1.807, 2.05) is 0 Å². The Hall–Kier alpha value is -1.43. The van der Waals surface area contributed by atoms with Crippen LogP contribution in [0.25, 0.3) is 0 Å². The maximum Gasteiger partial charge on any atom is 0.236 e. The molecule has 0 aliphatic carbocycles. The van der Waals surface area contributed by atoms with Crippen LogP contribution in [0.15, 0.2) is 24.3 Å². The molecule has 1 aliphatic rings. The van der Waals surface area contributed by atoms with E-state index in [1.165, 1.54) is 5.56 Å². The van der Waals surface area contributed by atoms with Crippen LogP contribution in [-0.4, -0.2) is 55.0 Å². The molecule has 1 heterocycles. The quantitative estimate of drug-likeness (QED) is 0.824. The molecule has 0 radical (unpaired) electrons. The zero-order valence-electron chi connectivity index (χ0n) is 13.0. The molecule has 5 heteroatoms. The molecular weight excluding hydrogens is 264 g/mol. The average molecular weight is 290 g/mol. The van der Waals surface area contributed by atoms with Crippen molar-refractivity contribution in [3.05, 3.63) is 35.4 Å². The van der Waals surface area contributed by atoms with Gasteiger partial charge in [-0.1, -0.05) is 24.3 Å². The third-order valence-electron chi connectivity index (χ3n) is 3.91. The van der Waals surface area contributed by atoms with Crippen LogP contribution >= 0.6 is 0 Å². The lowest BCUT2D eigenvalue weighted by atomic mass is 10.1. The van der Waals surface area contributed by atoms with Gasteiger partial charge in [-0.25, -0.2) is 0 Å². The summed E-state index contributed by atoms with van der Waals surface area (Å²) in [4.78, 5) is 16.3. The van der Waals surface area contributed by atoms with Crippen molar-refractivity contribution in [2.45, 2.75) is 26.1 Å². The fourth-order valence-electron chi connectivity index (χ4n) is 2.38. The molecule has 116 valence electrons. The van der Waals surface area contributed by atoms with E-state index >= 15 is 0 Å². The molecule has 0 bridgehead atoms. The standard InChI is InChI=1S/C16H26N4O/c1-13(17)16(21)18-11-14-3-5-15(6-4-14)12-20-9-7-19(2)8-10-20/h3-6,13H,7-12,17H2,1-2H3,(H,18,21). The molecule has 1 atom stereocenters. The van der Waals surface area contributed by atoms with Crippen molar-refractivity contribution < 1.29 is 4.79 Å². The van der Waals surface area contributed by atoms with Crippen molar-refractivity contribution in [3.63, 3.8) is 0 Å². The number of amides is 1. The lowest BCUT2D eigenvalue weighted by Crippen LogP contribution is -2.43. The first kappa shape index (κ1) is 15.9. The Kier molecular flexibility index (Phi) is 5.73. The monoisotopic (exact) mass is 290 g/mol. The predicted octanol–water partition coefficient (Wildman–Crippen LogP) is 0.397. The van der Waals surface area contributed by atoms with Crippen molar-refractivity contribution in [1.29, 1.82) is 0 Å². The molecule has 1 fully saturated rings. The second-order valence-corrected chi connectivity index (χ2v) is 5.90. The molecule has 1 amide bonds. The molecule has 1 aromatic carbocycles. The van der Waals surface area contributed by atoms with Gasteiger partial charge in [0.15, 0.2) is 0 Å². The first-order valence-electron chi connectivity index (χ1n) is 7.56. The summed E-state index contributed by atoms with van der Waals surface area (Å²) in [5.74, 6) is -0.114. The molecule has 1 aromatic rings. The summed E-state index contributed by atoms with van der Waals surface area (Å²) in [5, 5.41) is 2.82. The molecule has 3 N–H and O–H groups in total. The molecule has 5 nitrogen and oxygen atoms in total. The minimum absolute atomic E-state index is 0.114. The number of nitrogens with zero attached hydrogens (tertiary/aromatic N) is 2. The van der Waals surface area contributed by atoms with Gasteiger partial charge in [-0.2, -0.15) is 0 Å². The summed E-state index contributed by atoms with van der Waals surface area (Å²) >= 11 is 0. The maximum absolute atomic E-state index is 11.4. The minimum Gasteiger partial charge on any atom is -0.351 e. The van der Waals surface area contributed by atoms with Gasteiger partial charge in [-0.3, -0.25) is 9.69 Å². The highest BCUT2D eigenvalue weighted by molar-refractivity contribution is 5.80. The predicted molar refractivity (Wildman–Crippen MR) is 84.7 cm³/mol. The Morgan fingerprint density at radius 3 is 2.33 bits per heavy atom. The lowest BCUT2D eigenvalue weighted by molar-refractivity contribution is -0.122. The van der Waals surface area contributed by atoms with Crippen molar-refractivity contribution in [1.82, 2.24) is 15.1 Å². The van der Waals surface area contributed by atoms with Crippen LogP contribution in [-0.2, 0) is 17.9 Å². The third-order valence-corrected chi connectivity index (χ3v) is 3.91. The molecule has 1 aliphatic heterocycles. The zero-order chi connectivity index (χ0) is 15.2. The first-order chi connectivity index (χ1) is 10.0. The lowest BCUT2D eigenvalue weighted by Gasteiger charge is -2.32. The summed E-state index contributed by atoms with van der Waals surface area (Å²) < 4.78 is 0. The smallest absolute Gasteiger partial charge is 0.236 e. The van der Waals surface area contributed by atoms with Crippen LogP contribution in [0.4, 0.5) is 0 Å². The number of carbonyl (C=O) groups excluding carboxylic acids is 1. The SMILES string of the molecule is CC(N)C(=O)NCc1ccc(CN2CCN(C)CC2)cc1. The second kappa shape index (κ2) is 7.54. The fraction of sp³-hybridized carbons (Fsp3) is 0.562. The van der Waals surface area contributed by atoms with E-state index in [1.54, 1.807) is 6.92 Å². The van der Waals surface area contributed by atoms with Gasteiger partial charge in [-0.05, 0) is 25.1 Å². The van der Waals surface area contributed by atoms with Gasteiger partial charge in [0.2, 0.25) is 5.91 Å². The van der Waals surface area contributed by atoms with E-state index in [4.69, 9.17) is 5.73 Å². The van der Waals surface area contributed by atoms with Gasteiger partial charge in [-0.15, -0.1) is 0 Å².